The molecule has 2 rings (SSSR count). The fraction of sp³-hybridized carbons (Fsp3) is 0.0769. The van der Waals surface area contributed by atoms with E-state index < -0.39 is 4.92 Å². The van der Waals surface area contributed by atoms with Gasteiger partial charge in [-0.1, -0.05) is 33.6 Å². The summed E-state index contributed by atoms with van der Waals surface area (Å²) in [4.78, 5) is 10.1. The van der Waals surface area contributed by atoms with E-state index in [1.54, 1.807) is 18.2 Å². The number of benzene rings is 2. The molecule has 0 aliphatic carbocycles. The summed E-state index contributed by atoms with van der Waals surface area (Å²) in [6.07, 6.45) is 0. The lowest BCUT2D eigenvalue weighted by atomic mass is 10.2. The monoisotopic (exact) mass is 357 g/mol. The lowest BCUT2D eigenvalue weighted by Crippen LogP contribution is -1.93. The third kappa shape index (κ3) is 3.27. The van der Waals surface area contributed by atoms with Crippen molar-refractivity contribution < 1.29 is 14.8 Å². The number of nitro groups is 1. The van der Waals surface area contributed by atoms with Crippen molar-refractivity contribution in [3.05, 3.63) is 61.6 Å². The van der Waals surface area contributed by atoms with E-state index in [4.69, 9.17) is 16.3 Å². The van der Waals surface area contributed by atoms with Gasteiger partial charge in [0, 0.05) is 22.2 Å². The van der Waals surface area contributed by atoms with Crippen molar-refractivity contribution in [2.45, 2.75) is 6.61 Å². The molecule has 0 bridgehead atoms. The lowest BCUT2D eigenvalue weighted by Gasteiger charge is -2.10. The number of rotatable bonds is 4. The van der Waals surface area contributed by atoms with Crippen LogP contribution in [0.1, 0.15) is 5.56 Å². The molecule has 0 saturated carbocycles. The Morgan fingerprint density at radius 2 is 2.05 bits per heavy atom. The molecule has 0 radical (unpaired) electrons. The number of aliphatic hydroxyl groups excluding tert-OH is 1. The number of hydrogen-bond acceptors (Lipinski definition) is 4. The standard InChI is InChI=1S/C13H9BrClNO4/c14-9-2-1-8(7-17)13(5-9)20-10-3-4-12(16(18)19)11(15)6-10/h1-6,17H,7H2. The van der Waals surface area contributed by atoms with E-state index in [1.807, 2.05) is 0 Å². The van der Waals surface area contributed by atoms with Crippen molar-refractivity contribution in [2.75, 3.05) is 0 Å². The molecule has 1 N–H and O–H groups in total. The molecule has 0 aliphatic rings. The first-order chi connectivity index (χ1) is 9.51. The van der Waals surface area contributed by atoms with Gasteiger partial charge in [-0.15, -0.1) is 0 Å². The first-order valence-electron chi connectivity index (χ1n) is 5.52. The van der Waals surface area contributed by atoms with Crippen LogP contribution in [-0.2, 0) is 6.61 Å². The Bertz CT molecular complexity index is 663. The average molecular weight is 359 g/mol. The Balaban J connectivity index is 2.33. The second kappa shape index (κ2) is 6.21. The number of nitro benzene ring substituents is 1. The van der Waals surface area contributed by atoms with Crippen molar-refractivity contribution in [1.29, 1.82) is 0 Å². The molecular weight excluding hydrogens is 350 g/mol. The largest absolute Gasteiger partial charge is 0.457 e. The number of aliphatic hydroxyl groups is 1. The molecule has 20 heavy (non-hydrogen) atoms. The maximum absolute atomic E-state index is 10.7. The summed E-state index contributed by atoms with van der Waals surface area (Å²) in [7, 11) is 0. The zero-order valence-electron chi connectivity index (χ0n) is 10.0. The summed E-state index contributed by atoms with van der Waals surface area (Å²) >= 11 is 9.12. The van der Waals surface area contributed by atoms with Crippen molar-refractivity contribution in [2.24, 2.45) is 0 Å². The quantitative estimate of drug-likeness (QED) is 0.653. The molecule has 7 heteroatoms. The smallest absolute Gasteiger partial charge is 0.288 e. The lowest BCUT2D eigenvalue weighted by molar-refractivity contribution is -0.384. The highest BCUT2D eigenvalue weighted by atomic mass is 79.9. The minimum atomic E-state index is -0.565. The van der Waals surface area contributed by atoms with Crippen molar-refractivity contribution in [3.63, 3.8) is 0 Å². The Kier molecular flexibility index (Phi) is 4.59. The maximum Gasteiger partial charge on any atom is 0.288 e. The van der Waals surface area contributed by atoms with E-state index in [-0.39, 0.29) is 17.3 Å². The van der Waals surface area contributed by atoms with E-state index in [0.29, 0.717) is 17.1 Å². The maximum atomic E-state index is 10.7. The highest BCUT2D eigenvalue weighted by Crippen LogP contribution is 2.33. The minimum Gasteiger partial charge on any atom is -0.457 e. The van der Waals surface area contributed by atoms with Crippen LogP contribution in [0.2, 0.25) is 5.02 Å². The molecule has 0 atom stereocenters. The summed E-state index contributed by atoms with van der Waals surface area (Å²) in [5.41, 5.74) is 0.415. The van der Waals surface area contributed by atoms with Crippen LogP contribution in [0.15, 0.2) is 40.9 Å². The molecule has 0 aliphatic heterocycles. The van der Waals surface area contributed by atoms with Crippen LogP contribution in [0, 0.1) is 10.1 Å². The summed E-state index contributed by atoms with van der Waals surface area (Å²) in [6.45, 7) is -0.177. The van der Waals surface area contributed by atoms with Crippen LogP contribution in [0.5, 0.6) is 11.5 Å². The van der Waals surface area contributed by atoms with Gasteiger partial charge in [0.2, 0.25) is 0 Å². The predicted octanol–water partition coefficient (Wildman–Crippen LogP) is 4.30. The molecule has 104 valence electrons. The predicted molar refractivity (Wildman–Crippen MR) is 78.2 cm³/mol. The normalized spacial score (nSPS) is 10.3. The number of hydrogen-bond donors (Lipinski definition) is 1. The first-order valence-corrected chi connectivity index (χ1v) is 6.69. The van der Waals surface area contributed by atoms with Gasteiger partial charge in [0.25, 0.3) is 5.69 Å². The highest BCUT2D eigenvalue weighted by molar-refractivity contribution is 9.10. The third-order valence-electron chi connectivity index (χ3n) is 2.54. The molecule has 2 aromatic rings. The van der Waals surface area contributed by atoms with Gasteiger partial charge in [0.15, 0.2) is 0 Å². The summed E-state index contributed by atoms with van der Waals surface area (Å²) in [5, 5.41) is 19.9. The molecule has 0 aromatic heterocycles. The Morgan fingerprint density at radius 3 is 2.65 bits per heavy atom. The van der Waals surface area contributed by atoms with Crippen molar-refractivity contribution in [1.82, 2.24) is 0 Å². The number of halogens is 2. The van der Waals surface area contributed by atoms with Crippen LogP contribution in [0.4, 0.5) is 5.69 Å². The van der Waals surface area contributed by atoms with Gasteiger partial charge in [-0.3, -0.25) is 10.1 Å². The van der Waals surface area contributed by atoms with Gasteiger partial charge in [-0.2, -0.15) is 0 Å². The van der Waals surface area contributed by atoms with Gasteiger partial charge in [0.1, 0.15) is 16.5 Å². The van der Waals surface area contributed by atoms with E-state index >= 15 is 0 Å². The Labute approximate surface area is 128 Å². The van der Waals surface area contributed by atoms with Crippen LogP contribution < -0.4 is 4.74 Å². The second-order valence-electron chi connectivity index (χ2n) is 3.88. The van der Waals surface area contributed by atoms with Gasteiger partial charge >= 0.3 is 0 Å². The fourth-order valence-corrected chi connectivity index (χ4v) is 2.16. The molecule has 2 aromatic carbocycles. The summed E-state index contributed by atoms with van der Waals surface area (Å²) < 4.78 is 6.39. The number of ether oxygens (including phenoxy) is 1. The summed E-state index contributed by atoms with van der Waals surface area (Å²) in [5.74, 6) is 0.806. The van der Waals surface area contributed by atoms with Crippen LogP contribution in [-0.4, -0.2) is 10.0 Å². The van der Waals surface area contributed by atoms with Crippen LogP contribution >= 0.6 is 27.5 Å². The van der Waals surface area contributed by atoms with Crippen molar-refractivity contribution >= 4 is 33.2 Å². The van der Waals surface area contributed by atoms with E-state index in [9.17, 15) is 15.2 Å². The first kappa shape index (κ1) is 14.8. The SMILES string of the molecule is O=[N+]([O-])c1ccc(Oc2cc(Br)ccc2CO)cc1Cl. The Hall–Kier alpha value is -1.63. The van der Waals surface area contributed by atoms with Crippen LogP contribution in [0.3, 0.4) is 0 Å². The van der Waals surface area contributed by atoms with E-state index in [1.165, 1.54) is 18.2 Å². The topological polar surface area (TPSA) is 72.6 Å². The number of nitrogens with zero attached hydrogens (tertiary/aromatic N) is 1. The van der Waals surface area contributed by atoms with E-state index in [2.05, 4.69) is 15.9 Å². The molecule has 0 saturated heterocycles. The highest BCUT2D eigenvalue weighted by Gasteiger charge is 2.13. The molecule has 0 heterocycles. The van der Waals surface area contributed by atoms with Crippen LogP contribution in [0.25, 0.3) is 0 Å². The zero-order chi connectivity index (χ0) is 14.7. The van der Waals surface area contributed by atoms with Gasteiger partial charge in [-0.25, -0.2) is 0 Å². The molecule has 5 nitrogen and oxygen atoms in total. The molecule has 0 fully saturated rings. The van der Waals surface area contributed by atoms with Gasteiger partial charge in [0.05, 0.1) is 11.5 Å². The Morgan fingerprint density at radius 1 is 1.30 bits per heavy atom. The van der Waals surface area contributed by atoms with Crippen molar-refractivity contribution in [3.8, 4) is 11.5 Å². The molecule has 0 amide bonds. The molecular formula is C13H9BrClNO4. The second-order valence-corrected chi connectivity index (χ2v) is 5.21. The zero-order valence-corrected chi connectivity index (χ0v) is 12.4. The van der Waals surface area contributed by atoms with Gasteiger partial charge < -0.3 is 9.84 Å². The van der Waals surface area contributed by atoms with Gasteiger partial charge in [-0.05, 0) is 18.2 Å². The average Bonchev–Trinajstić information content (AvgIpc) is 2.38. The fourth-order valence-electron chi connectivity index (χ4n) is 1.58. The molecule has 0 unspecified atom stereocenters. The van der Waals surface area contributed by atoms with E-state index in [0.717, 1.165) is 4.47 Å². The minimum absolute atomic E-state index is 0.00644. The third-order valence-corrected chi connectivity index (χ3v) is 3.34. The molecule has 0 spiro atoms. The summed E-state index contributed by atoms with van der Waals surface area (Å²) in [6, 6.07) is 9.27.